The molecule has 6 nitrogen and oxygen atoms in total. The van der Waals surface area contributed by atoms with Gasteiger partial charge in [0.15, 0.2) is 11.0 Å². The van der Waals surface area contributed by atoms with E-state index < -0.39 is 0 Å². The summed E-state index contributed by atoms with van der Waals surface area (Å²) in [6, 6.07) is 11.0. The van der Waals surface area contributed by atoms with Gasteiger partial charge in [-0.15, -0.1) is 10.2 Å². The van der Waals surface area contributed by atoms with E-state index >= 15 is 0 Å². The zero-order valence-corrected chi connectivity index (χ0v) is 19.2. The molecule has 0 saturated carbocycles. The minimum Gasteiger partial charge on any atom is -0.484 e. The average Bonchev–Trinajstić information content (AvgIpc) is 3.09. The van der Waals surface area contributed by atoms with Crippen LogP contribution in [0.5, 0.6) is 5.75 Å². The summed E-state index contributed by atoms with van der Waals surface area (Å²) in [4.78, 5) is 12.4. The van der Waals surface area contributed by atoms with Gasteiger partial charge in [0.25, 0.3) is 0 Å². The van der Waals surface area contributed by atoms with Crippen LogP contribution in [0.15, 0.2) is 41.6 Å². The number of nitrogens with one attached hydrogen (secondary N) is 1. The van der Waals surface area contributed by atoms with Gasteiger partial charge in [0.05, 0.1) is 10.8 Å². The molecule has 3 aromatic rings. The summed E-state index contributed by atoms with van der Waals surface area (Å²) in [5, 5.41) is 13.0. The quantitative estimate of drug-likeness (QED) is 0.443. The van der Waals surface area contributed by atoms with E-state index in [1.165, 1.54) is 11.8 Å². The second kappa shape index (κ2) is 10.2. The van der Waals surface area contributed by atoms with Crippen molar-refractivity contribution in [3.8, 4) is 5.75 Å². The van der Waals surface area contributed by atoms with Crippen LogP contribution < -0.4 is 10.1 Å². The number of benzene rings is 2. The summed E-state index contributed by atoms with van der Waals surface area (Å²) in [5.41, 5.74) is 3.01. The lowest BCUT2D eigenvalue weighted by Gasteiger charge is -2.11. The number of ether oxygens (including phenoxy) is 1. The molecule has 0 saturated heterocycles. The van der Waals surface area contributed by atoms with Crippen LogP contribution in [-0.4, -0.2) is 26.4 Å². The summed E-state index contributed by atoms with van der Waals surface area (Å²) in [7, 11) is 0. The molecule has 0 spiro atoms. The van der Waals surface area contributed by atoms with Crippen molar-refractivity contribution in [1.82, 2.24) is 14.8 Å². The SMILES string of the molecule is CCn1c(COc2ccc(Cl)cc2Cl)nnc1SCC(=O)Nc1ccc(C)cc1C. The molecule has 0 unspecified atom stereocenters. The molecule has 0 atom stereocenters. The first kappa shape index (κ1) is 22.5. The first-order chi connectivity index (χ1) is 14.4. The van der Waals surface area contributed by atoms with Crippen LogP contribution >= 0.6 is 35.0 Å². The Hall–Kier alpha value is -2.22. The third kappa shape index (κ3) is 5.68. The molecule has 2 aromatic carbocycles. The maximum Gasteiger partial charge on any atom is 0.234 e. The molecule has 0 radical (unpaired) electrons. The number of rotatable bonds is 8. The molecule has 0 bridgehead atoms. The van der Waals surface area contributed by atoms with Crippen LogP contribution in [-0.2, 0) is 17.9 Å². The van der Waals surface area contributed by atoms with Gasteiger partial charge in [-0.25, -0.2) is 0 Å². The zero-order valence-electron chi connectivity index (χ0n) is 16.9. The molecule has 1 amide bonds. The Balaban J connectivity index is 1.60. The minimum atomic E-state index is -0.0941. The van der Waals surface area contributed by atoms with E-state index in [-0.39, 0.29) is 18.3 Å². The van der Waals surface area contributed by atoms with Crippen LogP contribution in [0.4, 0.5) is 5.69 Å². The van der Waals surface area contributed by atoms with E-state index in [1.807, 2.05) is 43.5 Å². The molecule has 1 heterocycles. The van der Waals surface area contributed by atoms with E-state index in [0.717, 1.165) is 16.8 Å². The van der Waals surface area contributed by atoms with Gasteiger partial charge in [-0.2, -0.15) is 0 Å². The molecule has 0 aliphatic heterocycles. The van der Waals surface area contributed by atoms with Crippen molar-refractivity contribution in [3.63, 3.8) is 0 Å². The second-order valence-electron chi connectivity index (χ2n) is 6.66. The van der Waals surface area contributed by atoms with Crippen molar-refractivity contribution >= 4 is 46.6 Å². The molecule has 1 aromatic heterocycles. The zero-order chi connectivity index (χ0) is 21.7. The second-order valence-corrected chi connectivity index (χ2v) is 8.45. The highest BCUT2D eigenvalue weighted by Gasteiger charge is 2.15. The highest BCUT2D eigenvalue weighted by Crippen LogP contribution is 2.28. The lowest BCUT2D eigenvalue weighted by molar-refractivity contribution is -0.113. The van der Waals surface area contributed by atoms with Crippen molar-refractivity contribution in [2.75, 3.05) is 11.1 Å². The number of anilines is 1. The summed E-state index contributed by atoms with van der Waals surface area (Å²) >= 11 is 13.4. The molecular weight excluding hydrogens is 443 g/mol. The summed E-state index contributed by atoms with van der Waals surface area (Å²) < 4.78 is 7.67. The molecule has 0 fully saturated rings. The summed E-state index contributed by atoms with van der Waals surface area (Å²) in [6.07, 6.45) is 0. The number of carbonyl (C=O) groups is 1. The molecule has 1 N–H and O–H groups in total. The van der Waals surface area contributed by atoms with Gasteiger partial charge in [0.2, 0.25) is 5.91 Å². The number of halogens is 2. The third-order valence-electron chi connectivity index (χ3n) is 4.35. The highest BCUT2D eigenvalue weighted by molar-refractivity contribution is 7.99. The first-order valence-corrected chi connectivity index (χ1v) is 11.1. The Morgan fingerprint density at radius 1 is 1.17 bits per heavy atom. The fourth-order valence-corrected chi connectivity index (χ4v) is 4.14. The van der Waals surface area contributed by atoms with Gasteiger partial charge in [0.1, 0.15) is 12.4 Å². The number of hydrogen-bond acceptors (Lipinski definition) is 5. The maximum atomic E-state index is 12.4. The number of amides is 1. The van der Waals surface area contributed by atoms with Crippen molar-refractivity contribution in [1.29, 1.82) is 0 Å². The molecule has 30 heavy (non-hydrogen) atoms. The monoisotopic (exact) mass is 464 g/mol. The number of carbonyl (C=O) groups excluding carboxylic acids is 1. The summed E-state index contributed by atoms with van der Waals surface area (Å²) in [5.74, 6) is 1.31. The average molecular weight is 465 g/mol. The Morgan fingerprint density at radius 2 is 1.97 bits per heavy atom. The molecule has 9 heteroatoms. The van der Waals surface area contributed by atoms with Gasteiger partial charge in [0, 0.05) is 17.3 Å². The minimum absolute atomic E-state index is 0.0941. The normalized spacial score (nSPS) is 10.8. The van der Waals surface area contributed by atoms with Crippen LogP contribution in [0.25, 0.3) is 0 Å². The topological polar surface area (TPSA) is 69.0 Å². The van der Waals surface area contributed by atoms with E-state index in [0.29, 0.717) is 33.3 Å². The fraction of sp³-hybridized carbons (Fsp3) is 0.286. The molecule has 158 valence electrons. The number of thioether (sulfide) groups is 1. The number of nitrogens with zero attached hydrogens (tertiary/aromatic N) is 3. The Kier molecular flexibility index (Phi) is 7.64. The Bertz CT molecular complexity index is 1060. The largest absolute Gasteiger partial charge is 0.484 e. The highest BCUT2D eigenvalue weighted by atomic mass is 35.5. The van der Waals surface area contributed by atoms with Gasteiger partial charge in [-0.3, -0.25) is 4.79 Å². The Labute approximate surface area is 189 Å². The van der Waals surface area contributed by atoms with E-state index in [1.54, 1.807) is 18.2 Å². The smallest absolute Gasteiger partial charge is 0.234 e. The molecule has 3 rings (SSSR count). The number of aryl methyl sites for hydroxylation is 2. The van der Waals surface area contributed by atoms with Gasteiger partial charge < -0.3 is 14.6 Å². The maximum absolute atomic E-state index is 12.4. The van der Waals surface area contributed by atoms with E-state index in [9.17, 15) is 4.79 Å². The Morgan fingerprint density at radius 3 is 2.67 bits per heavy atom. The van der Waals surface area contributed by atoms with Crippen molar-refractivity contribution in [2.45, 2.75) is 39.1 Å². The van der Waals surface area contributed by atoms with Gasteiger partial charge in [-0.05, 0) is 50.6 Å². The molecule has 0 aliphatic rings. The van der Waals surface area contributed by atoms with Gasteiger partial charge >= 0.3 is 0 Å². The van der Waals surface area contributed by atoms with Crippen LogP contribution in [0, 0.1) is 13.8 Å². The van der Waals surface area contributed by atoms with Gasteiger partial charge in [-0.1, -0.05) is 52.7 Å². The lowest BCUT2D eigenvalue weighted by atomic mass is 10.1. The van der Waals surface area contributed by atoms with Crippen LogP contribution in [0.3, 0.4) is 0 Å². The standard InChI is InChI=1S/C21H22Cl2N4O2S/c1-4-27-19(11-29-18-8-6-15(22)10-16(18)23)25-26-21(27)30-12-20(28)24-17-7-5-13(2)9-14(17)3/h5-10H,4,11-12H2,1-3H3,(H,24,28). The lowest BCUT2D eigenvalue weighted by Crippen LogP contribution is -2.15. The third-order valence-corrected chi connectivity index (χ3v) is 5.85. The fourth-order valence-electron chi connectivity index (χ4n) is 2.86. The van der Waals surface area contributed by atoms with E-state index in [4.69, 9.17) is 27.9 Å². The van der Waals surface area contributed by atoms with Crippen LogP contribution in [0.2, 0.25) is 10.0 Å². The molecular formula is C21H22Cl2N4O2S. The number of aromatic nitrogens is 3. The van der Waals surface area contributed by atoms with Crippen molar-refractivity contribution < 1.29 is 9.53 Å². The predicted octanol–water partition coefficient (Wildman–Crippen LogP) is 5.53. The number of hydrogen-bond donors (Lipinski definition) is 1. The summed E-state index contributed by atoms with van der Waals surface area (Å²) in [6.45, 7) is 6.84. The molecule has 0 aliphatic carbocycles. The van der Waals surface area contributed by atoms with Crippen molar-refractivity contribution in [3.05, 3.63) is 63.4 Å². The van der Waals surface area contributed by atoms with E-state index in [2.05, 4.69) is 15.5 Å². The van der Waals surface area contributed by atoms with Crippen LogP contribution in [0.1, 0.15) is 23.9 Å². The predicted molar refractivity (Wildman–Crippen MR) is 122 cm³/mol. The van der Waals surface area contributed by atoms with Crippen molar-refractivity contribution in [2.24, 2.45) is 0 Å². The first-order valence-electron chi connectivity index (χ1n) is 9.37.